The first kappa shape index (κ1) is 13.3. The van der Waals surface area contributed by atoms with Crippen LogP contribution in [0.15, 0.2) is 22.6 Å². The summed E-state index contributed by atoms with van der Waals surface area (Å²) in [6.07, 6.45) is 7.72. The zero-order chi connectivity index (χ0) is 14.1. The van der Waals surface area contributed by atoms with E-state index in [1.165, 1.54) is 29.4 Å². The van der Waals surface area contributed by atoms with E-state index in [1.54, 1.807) is 0 Å². The Morgan fingerprint density at radius 3 is 2.75 bits per heavy atom. The zero-order valence-electron chi connectivity index (χ0n) is 12.3. The predicted octanol–water partition coefficient (Wildman–Crippen LogP) is 3.86. The molecule has 0 unspecified atom stereocenters. The summed E-state index contributed by atoms with van der Waals surface area (Å²) in [7, 11) is 0. The molecule has 2 nitrogen and oxygen atoms in total. The van der Waals surface area contributed by atoms with E-state index in [-0.39, 0.29) is 0 Å². The fraction of sp³-hybridized carbons (Fsp3) is 0.444. The Labute approximate surface area is 120 Å². The van der Waals surface area contributed by atoms with Gasteiger partial charge in [-0.3, -0.25) is 4.90 Å². The lowest BCUT2D eigenvalue weighted by Gasteiger charge is -2.30. The summed E-state index contributed by atoms with van der Waals surface area (Å²) in [6, 6.07) is 6.55. The Bertz CT molecular complexity index is 654. The summed E-state index contributed by atoms with van der Waals surface area (Å²) in [4.78, 5) is 2.36. The molecule has 0 saturated carbocycles. The van der Waals surface area contributed by atoms with Crippen molar-refractivity contribution < 1.29 is 4.42 Å². The minimum absolute atomic E-state index is 0.595. The van der Waals surface area contributed by atoms with Crippen molar-refractivity contribution in [2.24, 2.45) is 0 Å². The van der Waals surface area contributed by atoms with Gasteiger partial charge >= 0.3 is 0 Å². The normalized spacial score (nSPS) is 17.4. The van der Waals surface area contributed by atoms with Crippen molar-refractivity contribution in [3.8, 4) is 12.3 Å². The van der Waals surface area contributed by atoms with E-state index in [0.29, 0.717) is 5.92 Å². The number of likely N-dealkylation sites (tertiary alicyclic amines) is 1. The number of hydrogen-bond donors (Lipinski definition) is 0. The third kappa shape index (κ3) is 2.23. The maximum absolute atomic E-state index is 6.01. The molecule has 0 radical (unpaired) electrons. The van der Waals surface area contributed by atoms with Gasteiger partial charge < -0.3 is 4.42 Å². The van der Waals surface area contributed by atoms with E-state index in [2.05, 4.69) is 42.9 Å². The molecule has 104 valence electrons. The van der Waals surface area contributed by atoms with Crippen LogP contribution in [0.1, 0.15) is 35.6 Å². The van der Waals surface area contributed by atoms with Crippen LogP contribution in [0.4, 0.5) is 0 Å². The number of furan rings is 1. The lowest BCUT2D eigenvalue weighted by molar-refractivity contribution is 0.236. The minimum Gasteiger partial charge on any atom is -0.461 e. The molecular weight excluding hydrogens is 246 g/mol. The van der Waals surface area contributed by atoms with Crippen molar-refractivity contribution in [2.75, 3.05) is 19.6 Å². The standard InChI is InChI=1S/C18H21NO/c1-4-10-19-11-8-15(9-12-19)17-7-5-6-16-13(2)14(3)20-18(16)17/h1,5-7,15H,8-12H2,2-3H3. The summed E-state index contributed by atoms with van der Waals surface area (Å²) >= 11 is 0. The molecule has 1 saturated heterocycles. The van der Waals surface area contributed by atoms with Crippen LogP contribution in [0.2, 0.25) is 0 Å². The highest BCUT2D eigenvalue weighted by molar-refractivity contribution is 5.85. The van der Waals surface area contributed by atoms with E-state index in [4.69, 9.17) is 10.8 Å². The van der Waals surface area contributed by atoms with Gasteiger partial charge in [-0.1, -0.05) is 24.1 Å². The van der Waals surface area contributed by atoms with Crippen molar-refractivity contribution in [3.05, 3.63) is 35.1 Å². The van der Waals surface area contributed by atoms with Crippen LogP contribution in [0.25, 0.3) is 11.0 Å². The van der Waals surface area contributed by atoms with Gasteiger partial charge in [-0.2, -0.15) is 0 Å². The highest BCUT2D eigenvalue weighted by atomic mass is 16.3. The van der Waals surface area contributed by atoms with Crippen molar-refractivity contribution in [1.82, 2.24) is 4.90 Å². The van der Waals surface area contributed by atoms with E-state index >= 15 is 0 Å². The monoisotopic (exact) mass is 267 g/mol. The Morgan fingerprint density at radius 1 is 1.30 bits per heavy atom. The predicted molar refractivity (Wildman–Crippen MR) is 82.9 cm³/mol. The number of piperidine rings is 1. The number of nitrogens with zero attached hydrogens (tertiary/aromatic N) is 1. The van der Waals surface area contributed by atoms with Crippen molar-refractivity contribution >= 4 is 11.0 Å². The Balaban J connectivity index is 1.89. The van der Waals surface area contributed by atoms with Crippen LogP contribution in [-0.2, 0) is 0 Å². The topological polar surface area (TPSA) is 16.4 Å². The number of benzene rings is 1. The molecule has 0 amide bonds. The fourth-order valence-corrected chi connectivity index (χ4v) is 3.24. The number of fused-ring (bicyclic) bond motifs is 1. The molecule has 1 aromatic carbocycles. The van der Waals surface area contributed by atoms with E-state index < -0.39 is 0 Å². The average molecular weight is 267 g/mol. The van der Waals surface area contributed by atoms with Gasteiger partial charge in [0.15, 0.2) is 0 Å². The van der Waals surface area contributed by atoms with E-state index in [0.717, 1.165) is 31.0 Å². The first-order valence-corrected chi connectivity index (χ1v) is 7.35. The smallest absolute Gasteiger partial charge is 0.138 e. The highest BCUT2D eigenvalue weighted by Gasteiger charge is 2.23. The second-order valence-electron chi connectivity index (χ2n) is 5.76. The Hall–Kier alpha value is -1.72. The Kier molecular flexibility index (Phi) is 3.54. The SMILES string of the molecule is C#CCN1CCC(c2cccc3c(C)c(C)oc23)CC1. The molecule has 20 heavy (non-hydrogen) atoms. The molecule has 3 rings (SSSR count). The number of para-hydroxylation sites is 1. The fourth-order valence-electron chi connectivity index (χ4n) is 3.24. The molecule has 0 spiro atoms. The van der Waals surface area contributed by atoms with Gasteiger partial charge in [-0.05, 0) is 56.8 Å². The highest BCUT2D eigenvalue weighted by Crippen LogP contribution is 2.35. The minimum atomic E-state index is 0.595. The maximum Gasteiger partial charge on any atom is 0.138 e. The summed E-state index contributed by atoms with van der Waals surface area (Å²) in [5.41, 5.74) is 3.74. The van der Waals surface area contributed by atoms with Gasteiger partial charge in [0.2, 0.25) is 0 Å². The van der Waals surface area contributed by atoms with Crippen LogP contribution in [0.5, 0.6) is 0 Å². The first-order chi connectivity index (χ1) is 9.70. The van der Waals surface area contributed by atoms with Crippen molar-refractivity contribution in [3.63, 3.8) is 0 Å². The van der Waals surface area contributed by atoms with Crippen LogP contribution >= 0.6 is 0 Å². The average Bonchev–Trinajstić information content (AvgIpc) is 2.76. The zero-order valence-corrected chi connectivity index (χ0v) is 12.3. The van der Waals surface area contributed by atoms with Crippen LogP contribution in [-0.4, -0.2) is 24.5 Å². The third-order valence-electron chi connectivity index (χ3n) is 4.58. The molecule has 2 heteroatoms. The van der Waals surface area contributed by atoms with Crippen molar-refractivity contribution in [1.29, 1.82) is 0 Å². The molecule has 1 fully saturated rings. The van der Waals surface area contributed by atoms with Gasteiger partial charge in [0, 0.05) is 5.39 Å². The Morgan fingerprint density at radius 2 is 2.05 bits per heavy atom. The largest absolute Gasteiger partial charge is 0.461 e. The van der Waals surface area contributed by atoms with Gasteiger partial charge in [0.05, 0.1) is 6.54 Å². The number of rotatable bonds is 2. The molecule has 1 aromatic heterocycles. The third-order valence-corrected chi connectivity index (χ3v) is 4.58. The second-order valence-corrected chi connectivity index (χ2v) is 5.76. The van der Waals surface area contributed by atoms with E-state index in [9.17, 15) is 0 Å². The van der Waals surface area contributed by atoms with Crippen LogP contribution < -0.4 is 0 Å². The molecule has 0 bridgehead atoms. The second kappa shape index (κ2) is 5.34. The van der Waals surface area contributed by atoms with Crippen molar-refractivity contribution in [2.45, 2.75) is 32.6 Å². The first-order valence-electron chi connectivity index (χ1n) is 7.35. The summed E-state index contributed by atoms with van der Waals surface area (Å²) < 4.78 is 6.01. The van der Waals surface area contributed by atoms with Gasteiger partial charge in [-0.25, -0.2) is 0 Å². The molecule has 1 aliphatic rings. The lowest BCUT2D eigenvalue weighted by atomic mass is 9.88. The quantitative estimate of drug-likeness (QED) is 0.768. The molecule has 0 atom stereocenters. The van der Waals surface area contributed by atoms with Gasteiger partial charge in [0.1, 0.15) is 11.3 Å². The van der Waals surface area contributed by atoms with E-state index in [1.807, 2.05) is 0 Å². The molecule has 2 aromatic rings. The molecule has 0 aliphatic carbocycles. The molecular formula is C18H21NO. The summed E-state index contributed by atoms with van der Waals surface area (Å²) in [6.45, 7) is 7.14. The van der Waals surface area contributed by atoms with Gasteiger partial charge in [0.25, 0.3) is 0 Å². The van der Waals surface area contributed by atoms with Crippen LogP contribution in [0, 0.1) is 26.2 Å². The summed E-state index contributed by atoms with van der Waals surface area (Å²) in [5.74, 6) is 4.37. The molecule has 0 N–H and O–H groups in total. The molecule has 1 aliphatic heterocycles. The molecule has 2 heterocycles. The maximum atomic E-state index is 6.01. The van der Waals surface area contributed by atoms with Crippen LogP contribution in [0.3, 0.4) is 0 Å². The number of hydrogen-bond acceptors (Lipinski definition) is 2. The summed E-state index contributed by atoms with van der Waals surface area (Å²) in [5, 5.41) is 1.27. The lowest BCUT2D eigenvalue weighted by Crippen LogP contribution is -2.33. The number of aryl methyl sites for hydroxylation is 2. The van der Waals surface area contributed by atoms with Gasteiger partial charge in [-0.15, -0.1) is 6.42 Å². The number of terminal acetylenes is 1.